The zero-order valence-corrected chi connectivity index (χ0v) is 14.8. The van der Waals surface area contributed by atoms with E-state index in [4.69, 9.17) is 23.2 Å². The van der Waals surface area contributed by atoms with Crippen LogP contribution in [-0.2, 0) is 19.9 Å². The van der Waals surface area contributed by atoms with E-state index in [2.05, 4.69) is 4.98 Å². The van der Waals surface area contributed by atoms with Crippen molar-refractivity contribution in [1.29, 1.82) is 0 Å². The Hall–Kier alpha value is -0.0600. The number of aromatic nitrogens is 1. The van der Waals surface area contributed by atoms with Gasteiger partial charge in [-0.05, 0) is 6.07 Å². The topological polar surface area (TPSA) is 84.4 Å². The van der Waals surface area contributed by atoms with E-state index in [-0.39, 0.29) is 27.4 Å². The number of hydrogen-bond donors (Lipinski definition) is 0. The summed E-state index contributed by atoms with van der Waals surface area (Å²) in [4.78, 5) is 3.53. The molecule has 0 aliphatic carbocycles. The third-order valence-electron chi connectivity index (χ3n) is 2.91. The maximum atomic E-state index is 12.6. The molecule has 1 unspecified atom stereocenters. The number of halogens is 2. The monoisotopic (exact) mass is 390 g/mol. The Morgan fingerprint density at radius 3 is 2.57 bits per heavy atom. The lowest BCUT2D eigenvalue weighted by atomic mass is 10.5. The van der Waals surface area contributed by atoms with E-state index >= 15 is 0 Å². The summed E-state index contributed by atoms with van der Waals surface area (Å²) in [6.45, 7) is 0.116. The smallest absolute Gasteiger partial charge is 0.242 e. The number of pyridine rings is 1. The minimum atomic E-state index is -4.00. The first kappa shape index (κ1) is 17.3. The van der Waals surface area contributed by atoms with Crippen LogP contribution in [0.1, 0.15) is 0 Å². The molecule has 0 spiro atoms. The van der Waals surface area contributed by atoms with Crippen LogP contribution < -0.4 is 0 Å². The standard InChI is InChI=1S/C10H12Cl2N2O4S3/c1-20(15,16)9-6-19-3-2-14(9)21(17,18)7-4-8(11)10(12)13-5-7/h4-5,9H,2-3,6H2,1H3. The molecule has 2 heterocycles. The van der Waals surface area contributed by atoms with Gasteiger partial charge in [-0.3, -0.25) is 0 Å². The summed E-state index contributed by atoms with van der Waals surface area (Å²) in [7, 11) is -7.54. The Kier molecular flexibility index (Phi) is 5.11. The van der Waals surface area contributed by atoms with Crippen LogP contribution in [0.5, 0.6) is 0 Å². The molecule has 1 aromatic rings. The molecule has 1 aliphatic heterocycles. The van der Waals surface area contributed by atoms with Crippen molar-refractivity contribution in [1.82, 2.24) is 9.29 Å². The van der Waals surface area contributed by atoms with Gasteiger partial charge in [-0.15, -0.1) is 0 Å². The molecule has 1 aliphatic rings. The summed E-state index contributed by atoms with van der Waals surface area (Å²) >= 11 is 12.9. The summed E-state index contributed by atoms with van der Waals surface area (Å²) < 4.78 is 49.8. The average Bonchev–Trinajstić information content (AvgIpc) is 2.41. The summed E-state index contributed by atoms with van der Waals surface area (Å²) in [5.74, 6) is 0.729. The van der Waals surface area contributed by atoms with Crippen molar-refractivity contribution >= 4 is 54.8 Å². The summed E-state index contributed by atoms with van der Waals surface area (Å²) in [5, 5.41) is -1.10. The molecule has 0 N–H and O–H groups in total. The quantitative estimate of drug-likeness (QED) is 0.726. The maximum Gasteiger partial charge on any atom is 0.245 e. The van der Waals surface area contributed by atoms with Gasteiger partial charge in [-0.2, -0.15) is 16.1 Å². The van der Waals surface area contributed by atoms with Gasteiger partial charge in [0.1, 0.15) is 15.4 Å². The minimum absolute atomic E-state index is 0.0000294. The van der Waals surface area contributed by atoms with Gasteiger partial charge >= 0.3 is 0 Å². The van der Waals surface area contributed by atoms with Crippen molar-refractivity contribution in [2.75, 3.05) is 24.3 Å². The Morgan fingerprint density at radius 1 is 1.33 bits per heavy atom. The molecule has 21 heavy (non-hydrogen) atoms. The van der Waals surface area contributed by atoms with Gasteiger partial charge in [0.15, 0.2) is 9.84 Å². The Bertz CT molecular complexity index is 752. The van der Waals surface area contributed by atoms with Gasteiger partial charge in [-0.1, -0.05) is 23.2 Å². The first-order chi connectivity index (χ1) is 9.64. The van der Waals surface area contributed by atoms with Gasteiger partial charge in [0.05, 0.1) is 5.02 Å². The Balaban J connectivity index is 2.48. The number of sulfonamides is 1. The lowest BCUT2D eigenvalue weighted by molar-refractivity contribution is 0.405. The van der Waals surface area contributed by atoms with Crippen LogP contribution in [-0.4, -0.2) is 55.8 Å². The lowest BCUT2D eigenvalue weighted by Crippen LogP contribution is -2.49. The third kappa shape index (κ3) is 3.65. The summed E-state index contributed by atoms with van der Waals surface area (Å²) in [6.07, 6.45) is 2.10. The number of hydrogen-bond acceptors (Lipinski definition) is 6. The second-order valence-corrected chi connectivity index (χ2v) is 10.4. The molecule has 2 rings (SSSR count). The second-order valence-electron chi connectivity index (χ2n) is 4.42. The molecule has 118 valence electrons. The number of sulfone groups is 1. The second kappa shape index (κ2) is 6.21. The van der Waals surface area contributed by atoms with Gasteiger partial charge in [0.25, 0.3) is 0 Å². The highest BCUT2D eigenvalue weighted by Gasteiger charge is 2.39. The van der Waals surface area contributed by atoms with Crippen molar-refractivity contribution in [3.63, 3.8) is 0 Å². The lowest BCUT2D eigenvalue weighted by Gasteiger charge is -2.32. The summed E-state index contributed by atoms with van der Waals surface area (Å²) in [6, 6.07) is 1.17. The van der Waals surface area contributed by atoms with E-state index in [9.17, 15) is 16.8 Å². The van der Waals surface area contributed by atoms with E-state index in [0.717, 1.165) is 16.8 Å². The van der Waals surface area contributed by atoms with Crippen LogP contribution in [0.2, 0.25) is 10.2 Å². The SMILES string of the molecule is CS(=O)(=O)C1CSCCN1S(=O)(=O)c1cnc(Cl)c(Cl)c1. The van der Waals surface area contributed by atoms with Crippen molar-refractivity contribution in [2.45, 2.75) is 10.3 Å². The first-order valence-corrected chi connectivity index (χ1v) is 11.0. The van der Waals surface area contributed by atoms with Crippen LogP contribution in [0.4, 0.5) is 0 Å². The van der Waals surface area contributed by atoms with Gasteiger partial charge in [0, 0.05) is 30.5 Å². The molecule has 0 amide bonds. The molecular weight excluding hydrogens is 379 g/mol. The van der Waals surface area contributed by atoms with Gasteiger partial charge < -0.3 is 0 Å². The highest BCUT2D eigenvalue weighted by molar-refractivity contribution is 8.01. The fourth-order valence-electron chi connectivity index (χ4n) is 1.86. The number of thioether (sulfide) groups is 1. The van der Waals surface area contributed by atoms with E-state index < -0.39 is 25.2 Å². The molecule has 1 fully saturated rings. The largest absolute Gasteiger partial charge is 0.245 e. The van der Waals surface area contributed by atoms with Crippen LogP contribution in [0.25, 0.3) is 0 Å². The molecule has 1 saturated heterocycles. The molecule has 1 aromatic heterocycles. The molecule has 0 radical (unpaired) electrons. The highest BCUT2D eigenvalue weighted by atomic mass is 35.5. The molecule has 0 aromatic carbocycles. The van der Waals surface area contributed by atoms with Crippen LogP contribution in [0.15, 0.2) is 17.2 Å². The van der Waals surface area contributed by atoms with Crippen molar-refractivity contribution in [3.05, 3.63) is 22.4 Å². The third-order valence-corrected chi connectivity index (χ3v) is 8.25. The number of nitrogens with zero attached hydrogens (tertiary/aromatic N) is 2. The fraction of sp³-hybridized carbons (Fsp3) is 0.500. The van der Waals surface area contributed by atoms with E-state index in [0.29, 0.717) is 5.75 Å². The zero-order chi connectivity index (χ0) is 15.8. The molecule has 11 heteroatoms. The zero-order valence-electron chi connectivity index (χ0n) is 10.9. The van der Waals surface area contributed by atoms with Crippen LogP contribution in [0, 0.1) is 0 Å². The van der Waals surface area contributed by atoms with Crippen LogP contribution in [0.3, 0.4) is 0 Å². The summed E-state index contributed by atoms with van der Waals surface area (Å²) in [5.41, 5.74) is 0. The van der Waals surface area contributed by atoms with Crippen molar-refractivity contribution in [3.8, 4) is 0 Å². The average molecular weight is 391 g/mol. The maximum absolute atomic E-state index is 12.6. The molecule has 0 saturated carbocycles. The van der Waals surface area contributed by atoms with Crippen molar-refractivity contribution in [2.24, 2.45) is 0 Å². The Morgan fingerprint density at radius 2 is 2.00 bits per heavy atom. The first-order valence-electron chi connectivity index (χ1n) is 5.73. The number of rotatable bonds is 3. The Labute approximate surface area is 137 Å². The minimum Gasteiger partial charge on any atom is -0.242 e. The van der Waals surface area contributed by atoms with Crippen LogP contribution >= 0.6 is 35.0 Å². The van der Waals surface area contributed by atoms with E-state index in [1.54, 1.807) is 0 Å². The van der Waals surface area contributed by atoms with Gasteiger partial charge in [0.2, 0.25) is 10.0 Å². The van der Waals surface area contributed by atoms with Crippen molar-refractivity contribution < 1.29 is 16.8 Å². The predicted octanol–water partition coefficient (Wildman–Crippen LogP) is 1.50. The molecule has 6 nitrogen and oxygen atoms in total. The van der Waals surface area contributed by atoms with E-state index in [1.165, 1.54) is 17.8 Å². The fourth-order valence-corrected chi connectivity index (χ4v) is 7.33. The molecule has 1 atom stereocenters. The predicted molar refractivity (Wildman–Crippen MR) is 84.1 cm³/mol. The normalized spacial score (nSPS) is 21.4. The molecule has 0 bridgehead atoms. The highest BCUT2D eigenvalue weighted by Crippen LogP contribution is 2.29. The molecular formula is C10H12Cl2N2O4S3. The van der Waals surface area contributed by atoms with Gasteiger partial charge in [-0.25, -0.2) is 21.8 Å². The van der Waals surface area contributed by atoms with E-state index in [1.807, 2.05) is 0 Å².